The van der Waals surface area contributed by atoms with Crippen LogP contribution in [0.5, 0.6) is 0 Å². The summed E-state index contributed by atoms with van der Waals surface area (Å²) in [4.78, 5) is 3.75. The summed E-state index contributed by atoms with van der Waals surface area (Å²) >= 11 is 0. The van der Waals surface area contributed by atoms with Crippen LogP contribution in [0.25, 0.3) is 0 Å². The number of rotatable bonds is 3. The average molecular weight is 210 g/mol. The van der Waals surface area contributed by atoms with Crippen molar-refractivity contribution in [3.8, 4) is 0 Å². The molecule has 2 atom stereocenters. The molecule has 0 saturated heterocycles. The summed E-state index contributed by atoms with van der Waals surface area (Å²) in [7, 11) is 0. The van der Waals surface area contributed by atoms with Gasteiger partial charge in [-0.25, -0.2) is 4.98 Å². The number of pyridine rings is 1. The van der Waals surface area contributed by atoms with E-state index in [1.165, 1.54) is 6.07 Å². The van der Waals surface area contributed by atoms with Crippen molar-refractivity contribution in [3.05, 3.63) is 24.1 Å². The molecule has 1 aliphatic carbocycles. The van der Waals surface area contributed by atoms with Gasteiger partial charge in [0.2, 0.25) is 5.95 Å². The highest BCUT2D eigenvalue weighted by Crippen LogP contribution is 2.27. The minimum atomic E-state index is -0.474. The highest BCUT2D eigenvalue weighted by Gasteiger charge is 2.26. The van der Waals surface area contributed by atoms with Crippen molar-refractivity contribution in [2.24, 2.45) is 5.92 Å². The molecular formula is C11H15FN2O. The first-order chi connectivity index (χ1) is 7.29. The molecule has 0 radical (unpaired) electrons. The van der Waals surface area contributed by atoms with Crippen molar-refractivity contribution in [2.45, 2.75) is 25.3 Å². The zero-order valence-electron chi connectivity index (χ0n) is 8.49. The van der Waals surface area contributed by atoms with E-state index in [9.17, 15) is 4.39 Å². The van der Waals surface area contributed by atoms with Gasteiger partial charge in [0.25, 0.3) is 0 Å². The normalized spacial score (nSPS) is 25.5. The van der Waals surface area contributed by atoms with Crippen molar-refractivity contribution in [2.75, 3.05) is 11.9 Å². The highest BCUT2D eigenvalue weighted by atomic mass is 19.1. The van der Waals surface area contributed by atoms with Gasteiger partial charge in [-0.05, 0) is 25.0 Å². The topological polar surface area (TPSA) is 45.1 Å². The number of nitrogens with zero attached hydrogens (tertiary/aromatic N) is 1. The maximum atomic E-state index is 12.8. The summed E-state index contributed by atoms with van der Waals surface area (Å²) < 4.78 is 12.8. The number of aromatic nitrogens is 1. The number of hydrogen-bond donors (Lipinski definition) is 2. The first-order valence-corrected chi connectivity index (χ1v) is 5.29. The Labute approximate surface area is 88.3 Å². The van der Waals surface area contributed by atoms with Gasteiger partial charge in [0.15, 0.2) is 0 Å². The van der Waals surface area contributed by atoms with Crippen LogP contribution in [-0.2, 0) is 0 Å². The second kappa shape index (κ2) is 4.57. The quantitative estimate of drug-likeness (QED) is 0.748. The van der Waals surface area contributed by atoms with Crippen LogP contribution in [0.4, 0.5) is 10.2 Å². The molecule has 1 heterocycles. The van der Waals surface area contributed by atoms with Gasteiger partial charge in [-0.3, -0.25) is 0 Å². The van der Waals surface area contributed by atoms with Gasteiger partial charge in [-0.2, -0.15) is 4.39 Å². The summed E-state index contributed by atoms with van der Waals surface area (Å²) in [6.45, 7) is 0.187. The van der Waals surface area contributed by atoms with Gasteiger partial charge in [0, 0.05) is 18.6 Å². The van der Waals surface area contributed by atoms with Crippen LogP contribution in [-0.4, -0.2) is 22.7 Å². The molecule has 2 unspecified atom stereocenters. The molecule has 1 fully saturated rings. The summed E-state index contributed by atoms with van der Waals surface area (Å²) in [5.74, 6) is 0.356. The Morgan fingerprint density at radius 2 is 2.33 bits per heavy atom. The van der Waals surface area contributed by atoms with Crippen molar-refractivity contribution in [1.29, 1.82) is 0 Å². The smallest absolute Gasteiger partial charge is 0.214 e. The van der Waals surface area contributed by atoms with Crippen molar-refractivity contribution >= 4 is 5.82 Å². The van der Waals surface area contributed by atoms with Crippen LogP contribution >= 0.6 is 0 Å². The Kier molecular flexibility index (Phi) is 3.16. The van der Waals surface area contributed by atoms with Crippen molar-refractivity contribution < 1.29 is 9.50 Å². The van der Waals surface area contributed by atoms with E-state index in [0.717, 1.165) is 19.3 Å². The second-order valence-electron chi connectivity index (χ2n) is 3.97. The molecule has 2 rings (SSSR count). The lowest BCUT2D eigenvalue weighted by molar-refractivity contribution is 0.222. The molecule has 1 saturated carbocycles. The maximum Gasteiger partial charge on any atom is 0.214 e. The molecule has 0 amide bonds. The van der Waals surface area contributed by atoms with Gasteiger partial charge in [-0.15, -0.1) is 0 Å². The molecule has 0 aliphatic heterocycles. The van der Waals surface area contributed by atoms with Crippen LogP contribution in [0.1, 0.15) is 19.3 Å². The predicted octanol–water partition coefficient (Wildman–Crippen LogP) is 1.79. The first kappa shape index (κ1) is 10.4. The number of hydrogen-bond acceptors (Lipinski definition) is 3. The Morgan fingerprint density at radius 1 is 1.47 bits per heavy atom. The molecule has 2 N–H and O–H groups in total. The van der Waals surface area contributed by atoms with Crippen LogP contribution in [0.3, 0.4) is 0 Å². The zero-order chi connectivity index (χ0) is 10.7. The minimum Gasteiger partial charge on any atom is -0.396 e. The Morgan fingerprint density at radius 3 is 3.07 bits per heavy atom. The van der Waals surface area contributed by atoms with E-state index in [1.54, 1.807) is 12.1 Å². The van der Waals surface area contributed by atoms with E-state index in [0.29, 0.717) is 5.82 Å². The van der Waals surface area contributed by atoms with E-state index in [1.807, 2.05) is 0 Å². The molecular weight excluding hydrogens is 195 g/mol. The Hall–Kier alpha value is -1.16. The molecule has 4 heteroatoms. The van der Waals surface area contributed by atoms with Crippen molar-refractivity contribution in [1.82, 2.24) is 4.98 Å². The van der Waals surface area contributed by atoms with E-state index < -0.39 is 5.95 Å². The Bertz CT molecular complexity index is 332. The molecule has 82 valence electrons. The molecule has 1 aromatic heterocycles. The predicted molar refractivity (Wildman–Crippen MR) is 56.0 cm³/mol. The third kappa shape index (κ3) is 2.45. The molecule has 0 bridgehead atoms. The van der Waals surface area contributed by atoms with Gasteiger partial charge >= 0.3 is 0 Å². The van der Waals surface area contributed by atoms with Gasteiger partial charge in [0.05, 0.1) is 0 Å². The fourth-order valence-corrected chi connectivity index (χ4v) is 2.12. The summed E-state index contributed by atoms with van der Waals surface area (Å²) in [5.41, 5.74) is 0. The number of aliphatic hydroxyl groups excluding tert-OH is 1. The number of halogens is 1. The number of anilines is 1. The molecule has 0 aromatic carbocycles. The second-order valence-corrected chi connectivity index (χ2v) is 3.97. The molecule has 15 heavy (non-hydrogen) atoms. The van der Waals surface area contributed by atoms with E-state index in [4.69, 9.17) is 5.11 Å². The molecule has 1 aromatic rings. The summed E-state index contributed by atoms with van der Waals surface area (Å²) in [5, 5.41) is 12.3. The Balaban J connectivity index is 2.02. The van der Waals surface area contributed by atoms with Gasteiger partial charge in [0.1, 0.15) is 5.82 Å². The van der Waals surface area contributed by atoms with E-state index >= 15 is 0 Å². The third-order valence-electron chi connectivity index (χ3n) is 2.94. The van der Waals surface area contributed by atoms with Crippen LogP contribution < -0.4 is 5.32 Å². The van der Waals surface area contributed by atoms with E-state index in [2.05, 4.69) is 10.3 Å². The standard InChI is InChI=1S/C11H15FN2O/c12-10-5-2-6-11(14-10)13-9-4-1-3-8(9)7-15/h2,5-6,8-9,15H,1,3-4,7H2,(H,13,14). The molecule has 1 aliphatic rings. The zero-order valence-corrected chi connectivity index (χ0v) is 8.49. The lowest BCUT2D eigenvalue weighted by Crippen LogP contribution is -2.26. The van der Waals surface area contributed by atoms with Crippen LogP contribution in [0.15, 0.2) is 18.2 Å². The van der Waals surface area contributed by atoms with Crippen LogP contribution in [0, 0.1) is 11.9 Å². The van der Waals surface area contributed by atoms with Crippen LogP contribution in [0.2, 0.25) is 0 Å². The summed E-state index contributed by atoms with van der Waals surface area (Å²) in [6.07, 6.45) is 3.16. The fourth-order valence-electron chi connectivity index (χ4n) is 2.12. The average Bonchev–Trinajstić information content (AvgIpc) is 2.65. The van der Waals surface area contributed by atoms with E-state index in [-0.39, 0.29) is 18.6 Å². The molecule has 0 spiro atoms. The van der Waals surface area contributed by atoms with Crippen molar-refractivity contribution in [3.63, 3.8) is 0 Å². The SMILES string of the molecule is OCC1CCCC1Nc1cccc(F)n1. The maximum absolute atomic E-state index is 12.8. The molecule has 3 nitrogen and oxygen atoms in total. The lowest BCUT2D eigenvalue weighted by atomic mass is 10.1. The first-order valence-electron chi connectivity index (χ1n) is 5.29. The fraction of sp³-hybridized carbons (Fsp3) is 0.545. The minimum absolute atomic E-state index is 0.187. The van der Waals surface area contributed by atoms with Gasteiger partial charge in [-0.1, -0.05) is 12.5 Å². The largest absolute Gasteiger partial charge is 0.396 e. The highest BCUT2D eigenvalue weighted by molar-refractivity contribution is 5.35. The number of aliphatic hydroxyl groups is 1. The summed E-state index contributed by atoms with van der Waals surface area (Å²) in [6, 6.07) is 4.93. The third-order valence-corrected chi connectivity index (χ3v) is 2.94. The van der Waals surface area contributed by atoms with Gasteiger partial charge < -0.3 is 10.4 Å². The number of nitrogens with one attached hydrogen (secondary N) is 1. The lowest BCUT2D eigenvalue weighted by Gasteiger charge is -2.19. The monoisotopic (exact) mass is 210 g/mol.